The van der Waals surface area contributed by atoms with Gasteiger partial charge in [-0.05, 0) is 48.9 Å². The van der Waals surface area contributed by atoms with Crippen LogP contribution in [0.5, 0.6) is 5.75 Å². The van der Waals surface area contributed by atoms with Crippen molar-refractivity contribution < 1.29 is 9.53 Å². The summed E-state index contributed by atoms with van der Waals surface area (Å²) in [5.41, 5.74) is 2.50. The van der Waals surface area contributed by atoms with Crippen LogP contribution in [0.2, 0.25) is 0 Å². The molecule has 1 aromatic carbocycles. The molecular weight excluding hydrogens is 238 g/mol. The van der Waals surface area contributed by atoms with Crippen molar-refractivity contribution in [2.24, 2.45) is 0 Å². The monoisotopic (exact) mass is 261 g/mol. The largest absolute Gasteiger partial charge is 0.497 e. The van der Waals surface area contributed by atoms with E-state index < -0.39 is 0 Å². The number of rotatable bonds is 5. The molecule has 1 atom stereocenters. The number of aldehydes is 1. The Balaban J connectivity index is 2.31. The van der Waals surface area contributed by atoms with E-state index in [0.29, 0.717) is 6.42 Å². The van der Waals surface area contributed by atoms with Gasteiger partial charge in [0.1, 0.15) is 12.0 Å². The summed E-state index contributed by atoms with van der Waals surface area (Å²) >= 11 is 0. The molecule has 1 saturated heterocycles. The number of carbonyl (C=O) groups excluding carboxylic acids is 1. The van der Waals surface area contributed by atoms with Gasteiger partial charge in [0.15, 0.2) is 0 Å². The van der Waals surface area contributed by atoms with Gasteiger partial charge in [-0.25, -0.2) is 0 Å². The van der Waals surface area contributed by atoms with Gasteiger partial charge in [0.05, 0.1) is 7.11 Å². The normalized spacial score (nSPS) is 17.1. The maximum atomic E-state index is 10.8. The van der Waals surface area contributed by atoms with Crippen molar-refractivity contribution in [1.82, 2.24) is 0 Å². The van der Waals surface area contributed by atoms with Crippen molar-refractivity contribution in [2.45, 2.75) is 38.5 Å². The second-order valence-corrected chi connectivity index (χ2v) is 5.28. The molecule has 1 aromatic rings. The zero-order chi connectivity index (χ0) is 13.7. The highest BCUT2D eigenvalue weighted by atomic mass is 16.5. The Morgan fingerprint density at radius 1 is 1.32 bits per heavy atom. The van der Waals surface area contributed by atoms with Crippen LogP contribution in [0.25, 0.3) is 0 Å². The van der Waals surface area contributed by atoms with Gasteiger partial charge in [-0.2, -0.15) is 0 Å². The molecule has 1 unspecified atom stereocenters. The zero-order valence-electron chi connectivity index (χ0n) is 11.9. The van der Waals surface area contributed by atoms with Gasteiger partial charge < -0.3 is 14.4 Å². The molecule has 0 bridgehead atoms. The first-order valence-electron chi connectivity index (χ1n) is 7.12. The van der Waals surface area contributed by atoms with E-state index in [4.69, 9.17) is 4.74 Å². The van der Waals surface area contributed by atoms with Crippen LogP contribution >= 0.6 is 0 Å². The van der Waals surface area contributed by atoms with Crippen molar-refractivity contribution in [3.63, 3.8) is 0 Å². The molecule has 0 aliphatic carbocycles. The van der Waals surface area contributed by atoms with Crippen LogP contribution in [-0.4, -0.2) is 26.5 Å². The Morgan fingerprint density at radius 2 is 2.05 bits per heavy atom. The van der Waals surface area contributed by atoms with Gasteiger partial charge >= 0.3 is 0 Å². The number of ether oxygens (including phenoxy) is 1. The van der Waals surface area contributed by atoms with Crippen LogP contribution in [0.15, 0.2) is 18.2 Å². The van der Waals surface area contributed by atoms with Crippen molar-refractivity contribution in [2.75, 3.05) is 25.1 Å². The van der Waals surface area contributed by atoms with Crippen LogP contribution in [0, 0.1) is 0 Å². The van der Waals surface area contributed by atoms with Gasteiger partial charge in [-0.15, -0.1) is 0 Å². The number of nitrogens with zero attached hydrogens (tertiary/aromatic N) is 1. The van der Waals surface area contributed by atoms with E-state index in [1.807, 2.05) is 6.07 Å². The molecule has 3 nitrogen and oxygen atoms in total. The average molecular weight is 261 g/mol. The number of hydrogen-bond acceptors (Lipinski definition) is 3. The van der Waals surface area contributed by atoms with Crippen LogP contribution < -0.4 is 9.64 Å². The third-order valence-electron chi connectivity index (χ3n) is 3.91. The van der Waals surface area contributed by atoms with E-state index in [0.717, 1.165) is 25.1 Å². The summed E-state index contributed by atoms with van der Waals surface area (Å²) in [6.07, 6.45) is 5.41. The molecule has 3 heteroatoms. The number of hydrogen-bond donors (Lipinski definition) is 0. The zero-order valence-corrected chi connectivity index (χ0v) is 11.9. The van der Waals surface area contributed by atoms with Gasteiger partial charge in [0, 0.05) is 25.2 Å². The maximum Gasteiger partial charge on any atom is 0.120 e. The third kappa shape index (κ3) is 3.28. The lowest BCUT2D eigenvalue weighted by Crippen LogP contribution is -2.30. The van der Waals surface area contributed by atoms with E-state index in [1.54, 1.807) is 7.11 Å². The summed E-state index contributed by atoms with van der Waals surface area (Å²) < 4.78 is 5.32. The fraction of sp³-hybridized carbons (Fsp3) is 0.562. The summed E-state index contributed by atoms with van der Waals surface area (Å²) in [6, 6.07) is 6.24. The minimum absolute atomic E-state index is 0.240. The van der Waals surface area contributed by atoms with Crippen molar-refractivity contribution in [1.29, 1.82) is 0 Å². The molecular formula is C16H23NO2. The first-order chi connectivity index (χ1) is 9.26. The molecule has 0 radical (unpaired) electrons. The van der Waals surface area contributed by atoms with Crippen LogP contribution in [0.3, 0.4) is 0 Å². The lowest BCUT2D eigenvalue weighted by Gasteiger charge is -2.32. The first-order valence-corrected chi connectivity index (χ1v) is 7.12. The fourth-order valence-corrected chi connectivity index (χ4v) is 2.75. The molecule has 0 aromatic heterocycles. The number of methoxy groups -OCH3 is 1. The van der Waals surface area contributed by atoms with Gasteiger partial charge in [-0.3, -0.25) is 0 Å². The Hall–Kier alpha value is -1.51. The average Bonchev–Trinajstić information content (AvgIpc) is 2.47. The van der Waals surface area contributed by atoms with Crippen LogP contribution in [0.4, 0.5) is 5.69 Å². The van der Waals surface area contributed by atoms with Gasteiger partial charge in [0.2, 0.25) is 0 Å². The summed E-state index contributed by atoms with van der Waals surface area (Å²) in [7, 11) is 1.68. The fourth-order valence-electron chi connectivity index (χ4n) is 2.75. The molecule has 104 valence electrons. The number of anilines is 1. The topological polar surface area (TPSA) is 29.5 Å². The summed E-state index contributed by atoms with van der Waals surface area (Å²) in [5.74, 6) is 1.11. The van der Waals surface area contributed by atoms with Crippen LogP contribution in [-0.2, 0) is 4.79 Å². The molecule has 19 heavy (non-hydrogen) atoms. The molecule has 0 saturated carbocycles. The van der Waals surface area contributed by atoms with E-state index in [-0.39, 0.29) is 5.92 Å². The van der Waals surface area contributed by atoms with E-state index >= 15 is 0 Å². The quantitative estimate of drug-likeness (QED) is 0.761. The third-order valence-corrected chi connectivity index (χ3v) is 3.91. The minimum atomic E-state index is 0.240. The van der Waals surface area contributed by atoms with E-state index in [1.165, 1.54) is 30.5 Å². The number of carbonyl (C=O) groups is 1. The highest BCUT2D eigenvalue weighted by molar-refractivity contribution is 5.60. The second kappa shape index (κ2) is 6.60. The SMILES string of the molecule is COc1ccc(N2CCCCC2)c(C(C)CC=O)c1. The second-order valence-electron chi connectivity index (χ2n) is 5.28. The van der Waals surface area contributed by atoms with E-state index in [9.17, 15) is 4.79 Å². The Labute approximate surface area is 115 Å². The molecule has 1 aliphatic heterocycles. The van der Waals surface area contributed by atoms with Crippen molar-refractivity contribution in [3.8, 4) is 5.75 Å². The van der Waals surface area contributed by atoms with Crippen molar-refractivity contribution in [3.05, 3.63) is 23.8 Å². The molecule has 0 spiro atoms. The molecule has 0 amide bonds. The lowest BCUT2D eigenvalue weighted by atomic mass is 9.95. The molecule has 1 heterocycles. The number of benzene rings is 1. The maximum absolute atomic E-state index is 10.8. The summed E-state index contributed by atoms with van der Waals surface area (Å²) in [6.45, 7) is 4.34. The molecule has 1 aliphatic rings. The smallest absolute Gasteiger partial charge is 0.120 e. The van der Waals surface area contributed by atoms with Crippen LogP contribution in [0.1, 0.15) is 44.1 Å². The summed E-state index contributed by atoms with van der Waals surface area (Å²) in [4.78, 5) is 13.2. The standard InChI is InChI=1S/C16H23NO2/c1-13(8-11-18)15-12-14(19-2)6-7-16(15)17-9-4-3-5-10-17/h6-7,11-13H,3-5,8-10H2,1-2H3. The highest BCUT2D eigenvalue weighted by Gasteiger charge is 2.18. The Kier molecular flexibility index (Phi) is 4.83. The van der Waals surface area contributed by atoms with Gasteiger partial charge in [0.25, 0.3) is 0 Å². The minimum Gasteiger partial charge on any atom is -0.497 e. The Bertz CT molecular complexity index is 425. The van der Waals surface area contributed by atoms with E-state index in [2.05, 4.69) is 24.0 Å². The molecule has 1 fully saturated rings. The lowest BCUT2D eigenvalue weighted by molar-refractivity contribution is -0.108. The summed E-state index contributed by atoms with van der Waals surface area (Å²) in [5, 5.41) is 0. The Morgan fingerprint density at radius 3 is 2.68 bits per heavy atom. The first kappa shape index (κ1) is 13.9. The predicted octanol–water partition coefficient (Wildman–Crippen LogP) is 3.38. The highest BCUT2D eigenvalue weighted by Crippen LogP contribution is 2.34. The predicted molar refractivity (Wildman–Crippen MR) is 78.2 cm³/mol. The van der Waals surface area contributed by atoms with Crippen molar-refractivity contribution >= 4 is 12.0 Å². The number of piperidine rings is 1. The molecule has 2 rings (SSSR count). The van der Waals surface area contributed by atoms with Gasteiger partial charge in [-0.1, -0.05) is 6.92 Å². The molecule has 0 N–H and O–H groups in total.